The summed E-state index contributed by atoms with van der Waals surface area (Å²) in [7, 11) is 2.93. The number of hydrogen-bond donors (Lipinski definition) is 0. The van der Waals surface area contributed by atoms with E-state index >= 15 is 0 Å². The fourth-order valence-corrected chi connectivity index (χ4v) is 5.63. The number of rotatable bonds is 4. The number of ketones is 1. The van der Waals surface area contributed by atoms with E-state index in [0.717, 1.165) is 26.3 Å². The van der Waals surface area contributed by atoms with Crippen LogP contribution in [0.1, 0.15) is 15.2 Å². The number of nitrogens with zero attached hydrogens (tertiary/aromatic N) is 1. The summed E-state index contributed by atoms with van der Waals surface area (Å²) in [5.41, 5.74) is 0.980. The average Bonchev–Trinajstić information content (AvgIpc) is 3.07. The third kappa shape index (κ3) is 3.22. The normalized spacial score (nSPS) is 17.0. The van der Waals surface area contributed by atoms with Crippen molar-refractivity contribution in [2.75, 3.05) is 14.2 Å². The highest BCUT2D eigenvalue weighted by atomic mass is 32.2. The fourth-order valence-electron chi connectivity index (χ4n) is 3.07. The molecule has 2 heterocycles. The second-order valence-corrected chi connectivity index (χ2v) is 8.17. The van der Waals surface area contributed by atoms with Crippen molar-refractivity contribution in [2.45, 2.75) is 17.5 Å². The monoisotopic (exact) mass is 399 g/mol. The molecule has 138 valence electrons. The first-order valence-corrected chi connectivity index (χ1v) is 9.92. The van der Waals surface area contributed by atoms with Gasteiger partial charge in [-0.15, -0.1) is 11.3 Å². The van der Waals surface area contributed by atoms with E-state index in [9.17, 15) is 9.59 Å². The van der Waals surface area contributed by atoms with Crippen LogP contribution in [0.2, 0.25) is 0 Å². The second kappa shape index (κ2) is 7.34. The average molecular weight is 399 g/mol. The predicted molar refractivity (Wildman–Crippen MR) is 106 cm³/mol. The maximum atomic E-state index is 13.1. The highest BCUT2D eigenvalue weighted by molar-refractivity contribution is 7.97. The number of hydrogen-bond acceptors (Lipinski definition) is 7. The van der Waals surface area contributed by atoms with Crippen LogP contribution in [-0.4, -0.2) is 36.3 Å². The summed E-state index contributed by atoms with van der Waals surface area (Å²) in [4.78, 5) is 27.1. The standard InChI is InChI=1S/C20H17NO4S2/c1-24-13-9-7-12(8-10-13)11-21-16(20(23)25-2)17(22)19-18(27-21)14-5-3-4-6-15(14)26-19/h3-10,16H,11H2,1-2H3. The van der Waals surface area contributed by atoms with Crippen LogP contribution in [0.4, 0.5) is 0 Å². The van der Waals surface area contributed by atoms with Crippen LogP contribution < -0.4 is 4.74 Å². The van der Waals surface area contributed by atoms with Crippen LogP contribution in [0.25, 0.3) is 10.1 Å². The molecule has 0 radical (unpaired) electrons. The topological polar surface area (TPSA) is 55.8 Å². The molecular weight excluding hydrogens is 382 g/mol. The van der Waals surface area contributed by atoms with Gasteiger partial charge in [0.2, 0.25) is 5.78 Å². The van der Waals surface area contributed by atoms with Crippen LogP contribution in [-0.2, 0) is 16.1 Å². The van der Waals surface area contributed by atoms with Crippen molar-refractivity contribution >= 4 is 45.1 Å². The minimum Gasteiger partial charge on any atom is -0.497 e. The molecule has 1 atom stereocenters. The van der Waals surface area contributed by atoms with Gasteiger partial charge in [-0.3, -0.25) is 4.79 Å². The van der Waals surface area contributed by atoms with Gasteiger partial charge >= 0.3 is 5.97 Å². The molecule has 5 nitrogen and oxygen atoms in total. The summed E-state index contributed by atoms with van der Waals surface area (Å²) >= 11 is 2.88. The maximum absolute atomic E-state index is 13.1. The Morgan fingerprint density at radius 1 is 1.11 bits per heavy atom. The number of thiophene rings is 1. The summed E-state index contributed by atoms with van der Waals surface area (Å²) in [6.45, 7) is 0.434. The van der Waals surface area contributed by atoms with Crippen LogP contribution in [0.15, 0.2) is 53.4 Å². The number of esters is 1. The first kappa shape index (κ1) is 18.0. The molecule has 27 heavy (non-hydrogen) atoms. The van der Waals surface area contributed by atoms with E-state index in [2.05, 4.69) is 0 Å². The minimum atomic E-state index is -0.956. The van der Waals surface area contributed by atoms with Gasteiger partial charge in [0, 0.05) is 16.6 Å². The Kier molecular flexibility index (Phi) is 4.90. The molecule has 2 aromatic carbocycles. The van der Waals surface area contributed by atoms with Gasteiger partial charge in [0.05, 0.1) is 24.0 Å². The van der Waals surface area contributed by atoms with E-state index in [1.807, 2.05) is 48.5 Å². The van der Waals surface area contributed by atoms with Gasteiger partial charge in [-0.05, 0) is 35.7 Å². The van der Waals surface area contributed by atoms with Crippen LogP contribution in [0.3, 0.4) is 0 Å². The molecule has 0 saturated carbocycles. The lowest BCUT2D eigenvalue weighted by atomic mass is 10.1. The summed E-state index contributed by atoms with van der Waals surface area (Å²) in [6.07, 6.45) is 0. The molecule has 1 unspecified atom stereocenters. The lowest BCUT2D eigenvalue weighted by Gasteiger charge is -2.31. The van der Waals surface area contributed by atoms with Crippen LogP contribution in [0, 0.1) is 0 Å². The lowest BCUT2D eigenvalue weighted by Crippen LogP contribution is -2.45. The van der Waals surface area contributed by atoms with Crippen LogP contribution in [0.5, 0.6) is 5.75 Å². The van der Waals surface area contributed by atoms with E-state index in [4.69, 9.17) is 9.47 Å². The van der Waals surface area contributed by atoms with Gasteiger partial charge in [0.25, 0.3) is 0 Å². The number of carbonyl (C=O) groups excluding carboxylic acids is 2. The highest BCUT2D eigenvalue weighted by Gasteiger charge is 2.42. The smallest absolute Gasteiger partial charge is 0.332 e. The Bertz CT molecular complexity index is 1010. The van der Waals surface area contributed by atoms with E-state index in [1.54, 1.807) is 11.4 Å². The molecule has 1 aliphatic rings. The van der Waals surface area contributed by atoms with E-state index in [0.29, 0.717) is 11.4 Å². The molecule has 0 fully saturated rings. The molecule has 0 saturated heterocycles. The Morgan fingerprint density at radius 2 is 1.85 bits per heavy atom. The van der Waals surface area contributed by atoms with Gasteiger partial charge in [0.15, 0.2) is 6.04 Å². The minimum absolute atomic E-state index is 0.203. The second-order valence-electron chi connectivity index (χ2n) is 6.06. The molecule has 0 aliphatic carbocycles. The van der Waals surface area contributed by atoms with Crippen molar-refractivity contribution in [3.8, 4) is 5.75 Å². The largest absolute Gasteiger partial charge is 0.497 e. The molecular formula is C20H17NO4S2. The third-order valence-electron chi connectivity index (χ3n) is 4.44. The third-order valence-corrected chi connectivity index (χ3v) is 6.94. The van der Waals surface area contributed by atoms with E-state index in [-0.39, 0.29) is 5.78 Å². The summed E-state index contributed by atoms with van der Waals surface area (Å²) in [5, 5.41) is 1.04. The molecule has 3 aromatic rings. The Balaban J connectivity index is 1.74. The van der Waals surface area contributed by atoms with Gasteiger partial charge in [-0.1, -0.05) is 30.3 Å². The highest BCUT2D eigenvalue weighted by Crippen LogP contribution is 2.45. The molecule has 1 aliphatic heterocycles. The number of benzene rings is 2. The van der Waals surface area contributed by atoms with Crippen molar-refractivity contribution in [1.29, 1.82) is 0 Å². The molecule has 0 N–H and O–H groups in total. The van der Waals surface area contributed by atoms with Crippen molar-refractivity contribution < 1.29 is 19.1 Å². The van der Waals surface area contributed by atoms with E-state index in [1.165, 1.54) is 30.4 Å². The number of methoxy groups -OCH3 is 2. The summed E-state index contributed by atoms with van der Waals surface area (Å²) < 4.78 is 13.0. The predicted octanol–water partition coefficient (Wildman–Crippen LogP) is 4.16. The molecule has 4 rings (SSSR count). The Labute approximate surface area is 165 Å². The summed E-state index contributed by atoms with van der Waals surface area (Å²) in [6, 6.07) is 14.5. The van der Waals surface area contributed by atoms with E-state index < -0.39 is 12.0 Å². The first-order valence-electron chi connectivity index (χ1n) is 8.33. The molecule has 0 bridgehead atoms. The molecule has 0 amide bonds. The number of ether oxygens (including phenoxy) is 2. The number of fused-ring (bicyclic) bond motifs is 3. The first-order chi connectivity index (χ1) is 13.1. The Morgan fingerprint density at radius 3 is 2.56 bits per heavy atom. The van der Waals surface area contributed by atoms with Gasteiger partial charge in [-0.25, -0.2) is 9.10 Å². The zero-order chi connectivity index (χ0) is 19.0. The SMILES string of the molecule is COC(=O)C1C(=O)c2sc3ccccc3c2SN1Cc1ccc(OC)cc1. The van der Waals surface area contributed by atoms with Crippen molar-refractivity contribution in [2.24, 2.45) is 0 Å². The number of Topliss-reactive ketones (excluding diaryl/α,β-unsaturated/α-hetero) is 1. The Hall–Kier alpha value is -2.35. The number of carbonyl (C=O) groups is 2. The zero-order valence-corrected chi connectivity index (χ0v) is 16.4. The van der Waals surface area contributed by atoms with Gasteiger partial charge < -0.3 is 9.47 Å². The van der Waals surface area contributed by atoms with Crippen molar-refractivity contribution in [3.05, 3.63) is 59.0 Å². The lowest BCUT2D eigenvalue weighted by molar-refractivity contribution is -0.143. The van der Waals surface area contributed by atoms with Crippen LogP contribution >= 0.6 is 23.3 Å². The fraction of sp³-hybridized carbons (Fsp3) is 0.200. The van der Waals surface area contributed by atoms with Gasteiger partial charge in [-0.2, -0.15) is 0 Å². The summed E-state index contributed by atoms with van der Waals surface area (Å²) in [5.74, 6) is 0.0196. The maximum Gasteiger partial charge on any atom is 0.332 e. The quantitative estimate of drug-likeness (QED) is 0.373. The molecule has 7 heteroatoms. The van der Waals surface area contributed by atoms with Crippen molar-refractivity contribution in [1.82, 2.24) is 4.31 Å². The van der Waals surface area contributed by atoms with Gasteiger partial charge in [0.1, 0.15) is 5.75 Å². The van der Waals surface area contributed by atoms with Crippen molar-refractivity contribution in [3.63, 3.8) is 0 Å². The molecule has 1 aromatic heterocycles. The zero-order valence-electron chi connectivity index (χ0n) is 14.8. The molecule has 0 spiro atoms.